The second kappa shape index (κ2) is 8.60. The number of para-hydroxylation sites is 1. The molecule has 6 heteroatoms. The molecule has 0 saturated carbocycles. The highest BCUT2D eigenvalue weighted by molar-refractivity contribution is 6.11. The number of amidine groups is 1. The van der Waals surface area contributed by atoms with Crippen molar-refractivity contribution >= 4 is 27.6 Å². The Morgan fingerprint density at radius 2 is 1.93 bits per heavy atom. The van der Waals surface area contributed by atoms with Crippen molar-refractivity contribution in [2.75, 3.05) is 20.1 Å². The normalized spacial score (nSPS) is 12.6. The summed E-state index contributed by atoms with van der Waals surface area (Å²) in [5, 5.41) is 9.02. The van der Waals surface area contributed by atoms with Crippen molar-refractivity contribution in [3.05, 3.63) is 60.2 Å². The molecule has 0 fully saturated rings. The molecule has 0 amide bonds. The fourth-order valence-corrected chi connectivity index (χ4v) is 3.41. The maximum Gasteiger partial charge on any atom is 0.155 e. The van der Waals surface area contributed by atoms with Gasteiger partial charge in [0.25, 0.3) is 0 Å². The summed E-state index contributed by atoms with van der Waals surface area (Å²) in [7, 11) is 2.16. The third-order valence-corrected chi connectivity index (χ3v) is 4.84. The molecule has 3 rings (SSSR count). The highest BCUT2D eigenvalue weighted by atomic mass is 15.3. The quantitative estimate of drug-likeness (QED) is 0.205. The summed E-state index contributed by atoms with van der Waals surface area (Å²) < 4.78 is 2.36. The standard InChI is InChI=1S/C21H26N6/c1-3-4-7-12-26(2)13-14-27-19-9-6-5-8-17(19)18-15-16(10-11-20(18)27)21(22)24-25-23/h3-6,8-11,15H,7,12-14H2,1-2H3,(H3,22,23,24)/b4-3+. The minimum absolute atomic E-state index is 0.257. The zero-order chi connectivity index (χ0) is 19.2. The number of allylic oxidation sites excluding steroid dienone is 1. The summed E-state index contributed by atoms with van der Waals surface area (Å²) in [5.74, 6) is 0.257. The summed E-state index contributed by atoms with van der Waals surface area (Å²) in [4.78, 5) is 2.36. The molecule has 0 aliphatic rings. The van der Waals surface area contributed by atoms with Gasteiger partial charge in [-0.1, -0.05) is 35.6 Å². The van der Waals surface area contributed by atoms with Crippen LogP contribution in [0, 0.1) is 5.53 Å². The lowest BCUT2D eigenvalue weighted by atomic mass is 10.1. The molecule has 0 aliphatic heterocycles. The monoisotopic (exact) mass is 362 g/mol. The van der Waals surface area contributed by atoms with E-state index in [1.807, 2.05) is 12.1 Å². The maximum absolute atomic E-state index is 6.88. The molecule has 0 unspecified atom stereocenters. The Morgan fingerprint density at radius 3 is 2.70 bits per heavy atom. The first kappa shape index (κ1) is 18.8. The van der Waals surface area contributed by atoms with Gasteiger partial charge in [0, 0.05) is 47.0 Å². The smallest absolute Gasteiger partial charge is 0.155 e. The fourth-order valence-electron chi connectivity index (χ4n) is 3.41. The first-order chi connectivity index (χ1) is 13.2. The first-order valence-electron chi connectivity index (χ1n) is 9.16. The molecule has 2 aromatic carbocycles. The van der Waals surface area contributed by atoms with Crippen LogP contribution in [0.25, 0.3) is 21.8 Å². The van der Waals surface area contributed by atoms with Crippen LogP contribution in [0.4, 0.5) is 0 Å². The zero-order valence-electron chi connectivity index (χ0n) is 15.9. The van der Waals surface area contributed by atoms with E-state index in [1.54, 1.807) is 0 Å². The number of rotatable bonds is 8. The van der Waals surface area contributed by atoms with Crippen LogP contribution in [-0.2, 0) is 6.54 Å². The molecule has 1 heterocycles. The third kappa shape index (κ3) is 4.06. The Morgan fingerprint density at radius 1 is 1.15 bits per heavy atom. The molecule has 6 nitrogen and oxygen atoms in total. The van der Waals surface area contributed by atoms with Crippen molar-refractivity contribution in [3.8, 4) is 0 Å². The van der Waals surface area contributed by atoms with Gasteiger partial charge in [-0.2, -0.15) is 5.53 Å². The van der Waals surface area contributed by atoms with Gasteiger partial charge in [-0.3, -0.25) is 0 Å². The molecule has 1 aromatic heterocycles. The van der Waals surface area contributed by atoms with Crippen molar-refractivity contribution in [1.29, 1.82) is 5.53 Å². The van der Waals surface area contributed by atoms with Crippen LogP contribution in [0.2, 0.25) is 0 Å². The summed E-state index contributed by atoms with van der Waals surface area (Å²) in [5.41, 5.74) is 16.0. The lowest BCUT2D eigenvalue weighted by molar-refractivity contribution is 0.328. The molecule has 27 heavy (non-hydrogen) atoms. The molecular formula is C21H26N6. The van der Waals surface area contributed by atoms with Crippen molar-refractivity contribution in [1.82, 2.24) is 9.47 Å². The van der Waals surface area contributed by atoms with Gasteiger partial charge in [0.2, 0.25) is 0 Å². The molecular weight excluding hydrogens is 336 g/mol. The number of aromatic nitrogens is 1. The predicted molar refractivity (Wildman–Crippen MR) is 112 cm³/mol. The number of nitrogens with two attached hydrogens (primary N) is 1. The second-order valence-electron chi connectivity index (χ2n) is 6.65. The molecule has 0 aliphatic carbocycles. The number of nitrogens with zero attached hydrogens (tertiary/aromatic N) is 4. The lowest BCUT2D eigenvalue weighted by Gasteiger charge is -2.17. The lowest BCUT2D eigenvalue weighted by Crippen LogP contribution is -2.24. The Balaban J connectivity index is 1.96. The zero-order valence-corrected chi connectivity index (χ0v) is 15.9. The number of hydrogen-bond donors (Lipinski definition) is 2. The molecule has 140 valence electrons. The predicted octanol–water partition coefficient (Wildman–Crippen LogP) is 4.34. The number of fused-ring (bicyclic) bond motifs is 3. The Hall–Kier alpha value is -2.99. The van der Waals surface area contributed by atoms with Crippen molar-refractivity contribution in [3.63, 3.8) is 0 Å². The topological polar surface area (TPSA) is 82.8 Å². The van der Waals surface area contributed by atoms with Crippen LogP contribution >= 0.6 is 0 Å². The van der Waals surface area contributed by atoms with Crippen LogP contribution in [-0.4, -0.2) is 35.4 Å². The summed E-state index contributed by atoms with van der Waals surface area (Å²) in [6.07, 6.45) is 5.37. The highest BCUT2D eigenvalue weighted by Crippen LogP contribution is 2.29. The Bertz CT molecular complexity index is 998. The van der Waals surface area contributed by atoms with E-state index in [1.165, 1.54) is 16.4 Å². The second-order valence-corrected chi connectivity index (χ2v) is 6.65. The van der Waals surface area contributed by atoms with Gasteiger partial charge in [-0.15, -0.1) is 5.10 Å². The molecule has 0 spiro atoms. The van der Waals surface area contributed by atoms with Crippen molar-refractivity contribution in [2.45, 2.75) is 19.9 Å². The largest absolute Gasteiger partial charge is 0.382 e. The van der Waals surface area contributed by atoms with Crippen LogP contribution in [0.15, 0.2) is 64.9 Å². The van der Waals surface area contributed by atoms with Gasteiger partial charge in [-0.25, -0.2) is 0 Å². The third-order valence-electron chi connectivity index (χ3n) is 4.84. The number of benzene rings is 2. The van der Waals surface area contributed by atoms with Gasteiger partial charge in [0.15, 0.2) is 5.84 Å². The van der Waals surface area contributed by atoms with E-state index < -0.39 is 0 Å². The molecule has 3 N–H and O–H groups in total. The Labute approximate surface area is 159 Å². The average molecular weight is 362 g/mol. The maximum atomic E-state index is 6.88. The van der Waals surface area contributed by atoms with Crippen LogP contribution < -0.4 is 5.73 Å². The van der Waals surface area contributed by atoms with E-state index in [9.17, 15) is 0 Å². The van der Waals surface area contributed by atoms with Gasteiger partial charge >= 0.3 is 0 Å². The van der Waals surface area contributed by atoms with Gasteiger partial charge < -0.3 is 15.2 Å². The SMILES string of the molecule is C/C=C/CCN(C)CCn1c2ccccc2c2cc(C(N)=NN=N)ccc21. The van der Waals surface area contributed by atoms with Crippen LogP contribution in [0.1, 0.15) is 18.9 Å². The van der Waals surface area contributed by atoms with Gasteiger partial charge in [-0.05, 0) is 44.7 Å². The van der Waals surface area contributed by atoms with E-state index >= 15 is 0 Å². The number of nitrogens with one attached hydrogen (secondary N) is 1. The van der Waals surface area contributed by atoms with Gasteiger partial charge in [0.05, 0.1) is 0 Å². The molecule has 0 radical (unpaired) electrons. The minimum atomic E-state index is 0.257. The van der Waals surface area contributed by atoms with E-state index in [4.69, 9.17) is 11.3 Å². The van der Waals surface area contributed by atoms with E-state index in [0.29, 0.717) is 0 Å². The minimum Gasteiger partial charge on any atom is -0.382 e. The summed E-state index contributed by atoms with van der Waals surface area (Å²) in [6.45, 7) is 5.01. The van der Waals surface area contributed by atoms with E-state index in [-0.39, 0.29) is 5.84 Å². The van der Waals surface area contributed by atoms with E-state index in [0.717, 1.165) is 37.0 Å². The summed E-state index contributed by atoms with van der Waals surface area (Å²) in [6, 6.07) is 14.5. The van der Waals surface area contributed by atoms with Crippen molar-refractivity contribution < 1.29 is 0 Å². The van der Waals surface area contributed by atoms with Crippen LogP contribution in [0.3, 0.4) is 0 Å². The average Bonchev–Trinajstić information content (AvgIpc) is 3.00. The molecule has 0 bridgehead atoms. The molecule has 0 saturated heterocycles. The molecule has 3 aromatic rings. The number of likely N-dealkylation sites (N-methyl/N-ethyl adjacent to an activating group) is 1. The van der Waals surface area contributed by atoms with Gasteiger partial charge in [0.1, 0.15) is 0 Å². The van der Waals surface area contributed by atoms with Crippen molar-refractivity contribution in [2.24, 2.45) is 16.1 Å². The Kier molecular flexibility index (Phi) is 5.98. The highest BCUT2D eigenvalue weighted by Gasteiger charge is 2.12. The number of hydrogen-bond acceptors (Lipinski definition) is 3. The summed E-state index contributed by atoms with van der Waals surface area (Å²) >= 11 is 0. The molecule has 0 atom stereocenters. The fraction of sp³-hybridized carbons (Fsp3) is 0.286. The first-order valence-corrected chi connectivity index (χ1v) is 9.16. The van der Waals surface area contributed by atoms with E-state index in [2.05, 4.69) is 76.2 Å². The van der Waals surface area contributed by atoms with Crippen LogP contribution in [0.5, 0.6) is 0 Å².